The monoisotopic (exact) mass is 234 g/mol. The summed E-state index contributed by atoms with van der Waals surface area (Å²) < 4.78 is 0. The second kappa shape index (κ2) is 8.26. The lowest BCUT2D eigenvalue weighted by molar-refractivity contribution is 0.471. The third-order valence-corrected chi connectivity index (χ3v) is 2.81. The van der Waals surface area contributed by atoms with Gasteiger partial charge in [0.05, 0.1) is 0 Å². The van der Waals surface area contributed by atoms with Gasteiger partial charge in [0.25, 0.3) is 0 Å². The zero-order chi connectivity index (χ0) is 12.5. The molecule has 1 rings (SSSR count). The van der Waals surface area contributed by atoms with Crippen molar-refractivity contribution in [2.24, 2.45) is 0 Å². The van der Waals surface area contributed by atoms with Crippen LogP contribution in [0.15, 0.2) is 30.3 Å². The van der Waals surface area contributed by atoms with Gasteiger partial charge in [0, 0.05) is 18.6 Å². The molecule has 0 aliphatic rings. The van der Waals surface area contributed by atoms with Gasteiger partial charge in [-0.25, -0.2) is 0 Å². The summed E-state index contributed by atoms with van der Waals surface area (Å²) in [7, 11) is 0. The first-order valence-corrected chi connectivity index (χ1v) is 6.69. The SMILES string of the molecule is CC(C)NCC(C)NCCCc1ccccc1. The van der Waals surface area contributed by atoms with Gasteiger partial charge in [-0.05, 0) is 31.9 Å². The summed E-state index contributed by atoms with van der Waals surface area (Å²) in [4.78, 5) is 0. The third kappa shape index (κ3) is 7.14. The number of aryl methyl sites for hydroxylation is 1. The molecule has 0 aliphatic heterocycles. The summed E-state index contributed by atoms with van der Waals surface area (Å²) in [5.41, 5.74) is 1.43. The number of nitrogens with one attached hydrogen (secondary N) is 2. The Kier molecular flexibility index (Phi) is 6.90. The fourth-order valence-corrected chi connectivity index (χ4v) is 1.77. The van der Waals surface area contributed by atoms with Crippen LogP contribution in [0.5, 0.6) is 0 Å². The van der Waals surface area contributed by atoms with Gasteiger partial charge in [0.1, 0.15) is 0 Å². The highest BCUT2D eigenvalue weighted by molar-refractivity contribution is 5.14. The topological polar surface area (TPSA) is 24.1 Å². The van der Waals surface area contributed by atoms with Crippen molar-refractivity contribution in [2.75, 3.05) is 13.1 Å². The van der Waals surface area contributed by atoms with Gasteiger partial charge in [-0.3, -0.25) is 0 Å². The molecule has 0 fully saturated rings. The molecule has 1 unspecified atom stereocenters. The van der Waals surface area contributed by atoms with E-state index < -0.39 is 0 Å². The van der Waals surface area contributed by atoms with Gasteiger partial charge in [0.15, 0.2) is 0 Å². The molecule has 0 aliphatic carbocycles. The highest BCUT2D eigenvalue weighted by atomic mass is 15.0. The molecule has 0 bridgehead atoms. The van der Waals surface area contributed by atoms with Crippen LogP contribution in [0.3, 0.4) is 0 Å². The second-order valence-electron chi connectivity index (χ2n) is 5.01. The van der Waals surface area contributed by atoms with Crippen LogP contribution in [-0.4, -0.2) is 25.2 Å². The van der Waals surface area contributed by atoms with Crippen molar-refractivity contribution in [3.63, 3.8) is 0 Å². The summed E-state index contributed by atoms with van der Waals surface area (Å²) in [6.45, 7) is 8.74. The number of hydrogen-bond donors (Lipinski definition) is 2. The van der Waals surface area contributed by atoms with E-state index in [-0.39, 0.29) is 0 Å². The molecule has 0 heterocycles. The summed E-state index contributed by atoms with van der Waals surface area (Å²) in [5, 5.41) is 6.99. The highest BCUT2D eigenvalue weighted by Gasteiger charge is 2.01. The number of rotatable bonds is 8. The Hall–Kier alpha value is -0.860. The maximum absolute atomic E-state index is 3.55. The van der Waals surface area contributed by atoms with E-state index in [1.807, 2.05) is 0 Å². The maximum Gasteiger partial charge on any atom is 0.0164 e. The molecule has 2 heteroatoms. The lowest BCUT2D eigenvalue weighted by atomic mass is 10.1. The molecule has 1 aromatic rings. The minimum Gasteiger partial charge on any atom is -0.313 e. The molecule has 17 heavy (non-hydrogen) atoms. The molecule has 0 saturated carbocycles. The van der Waals surface area contributed by atoms with Gasteiger partial charge in [0.2, 0.25) is 0 Å². The molecule has 1 aromatic carbocycles. The normalized spacial score (nSPS) is 12.9. The van der Waals surface area contributed by atoms with Crippen LogP contribution in [0.4, 0.5) is 0 Å². The van der Waals surface area contributed by atoms with E-state index in [0.29, 0.717) is 12.1 Å². The van der Waals surface area contributed by atoms with Gasteiger partial charge in [-0.1, -0.05) is 44.2 Å². The quantitative estimate of drug-likeness (QED) is 0.676. The van der Waals surface area contributed by atoms with Crippen molar-refractivity contribution in [1.29, 1.82) is 0 Å². The largest absolute Gasteiger partial charge is 0.313 e. The molecular formula is C15H26N2. The minimum absolute atomic E-state index is 0.549. The van der Waals surface area contributed by atoms with Crippen LogP contribution in [0.2, 0.25) is 0 Å². The van der Waals surface area contributed by atoms with Crippen molar-refractivity contribution >= 4 is 0 Å². The zero-order valence-corrected chi connectivity index (χ0v) is 11.4. The van der Waals surface area contributed by atoms with E-state index in [0.717, 1.165) is 19.5 Å². The molecule has 1 atom stereocenters. The van der Waals surface area contributed by atoms with Gasteiger partial charge in [-0.15, -0.1) is 0 Å². The predicted molar refractivity (Wildman–Crippen MR) is 75.4 cm³/mol. The Balaban J connectivity index is 2.04. The van der Waals surface area contributed by atoms with Crippen molar-refractivity contribution in [2.45, 2.75) is 45.7 Å². The first-order valence-electron chi connectivity index (χ1n) is 6.69. The molecule has 2 nitrogen and oxygen atoms in total. The second-order valence-corrected chi connectivity index (χ2v) is 5.01. The Morgan fingerprint density at radius 3 is 2.35 bits per heavy atom. The summed E-state index contributed by atoms with van der Waals surface area (Å²) >= 11 is 0. The smallest absolute Gasteiger partial charge is 0.0164 e. The molecule has 0 spiro atoms. The average molecular weight is 234 g/mol. The Morgan fingerprint density at radius 1 is 1.00 bits per heavy atom. The molecular weight excluding hydrogens is 208 g/mol. The molecule has 0 radical (unpaired) electrons. The Morgan fingerprint density at radius 2 is 1.71 bits per heavy atom. The van der Waals surface area contributed by atoms with Crippen molar-refractivity contribution in [1.82, 2.24) is 10.6 Å². The molecule has 96 valence electrons. The third-order valence-electron chi connectivity index (χ3n) is 2.81. The number of hydrogen-bond acceptors (Lipinski definition) is 2. The van der Waals surface area contributed by atoms with E-state index in [1.54, 1.807) is 0 Å². The molecule has 0 aromatic heterocycles. The molecule has 2 N–H and O–H groups in total. The van der Waals surface area contributed by atoms with Crippen molar-refractivity contribution in [3.8, 4) is 0 Å². The fourth-order valence-electron chi connectivity index (χ4n) is 1.77. The standard InChI is InChI=1S/C15H26N2/c1-13(2)17-12-14(3)16-11-7-10-15-8-5-4-6-9-15/h4-6,8-9,13-14,16-17H,7,10-12H2,1-3H3. The first-order chi connectivity index (χ1) is 8.18. The van der Waals surface area contributed by atoms with Crippen LogP contribution >= 0.6 is 0 Å². The summed E-state index contributed by atoms with van der Waals surface area (Å²) in [6, 6.07) is 11.8. The van der Waals surface area contributed by atoms with Crippen LogP contribution < -0.4 is 10.6 Å². The minimum atomic E-state index is 0.549. The van der Waals surface area contributed by atoms with Crippen LogP contribution in [-0.2, 0) is 6.42 Å². The van der Waals surface area contributed by atoms with Crippen LogP contribution in [0.1, 0.15) is 32.8 Å². The van der Waals surface area contributed by atoms with E-state index in [2.05, 4.69) is 61.7 Å². The first kappa shape index (κ1) is 14.2. The molecule has 0 saturated heterocycles. The van der Waals surface area contributed by atoms with E-state index >= 15 is 0 Å². The van der Waals surface area contributed by atoms with Crippen molar-refractivity contribution < 1.29 is 0 Å². The molecule has 0 amide bonds. The van der Waals surface area contributed by atoms with Gasteiger partial charge in [-0.2, -0.15) is 0 Å². The summed E-state index contributed by atoms with van der Waals surface area (Å²) in [5.74, 6) is 0. The van der Waals surface area contributed by atoms with E-state index in [4.69, 9.17) is 0 Å². The van der Waals surface area contributed by atoms with Gasteiger partial charge >= 0.3 is 0 Å². The van der Waals surface area contributed by atoms with Crippen LogP contribution in [0.25, 0.3) is 0 Å². The fraction of sp³-hybridized carbons (Fsp3) is 0.600. The van der Waals surface area contributed by atoms with Crippen molar-refractivity contribution in [3.05, 3.63) is 35.9 Å². The Bertz CT molecular complexity index is 282. The Labute approximate surface area is 106 Å². The highest BCUT2D eigenvalue weighted by Crippen LogP contribution is 2.01. The van der Waals surface area contributed by atoms with Gasteiger partial charge < -0.3 is 10.6 Å². The van der Waals surface area contributed by atoms with E-state index in [1.165, 1.54) is 12.0 Å². The van der Waals surface area contributed by atoms with Crippen LogP contribution in [0, 0.1) is 0 Å². The predicted octanol–water partition coefficient (Wildman–Crippen LogP) is 2.60. The summed E-state index contributed by atoms with van der Waals surface area (Å²) in [6.07, 6.45) is 2.37. The zero-order valence-electron chi connectivity index (χ0n) is 11.4. The lowest BCUT2D eigenvalue weighted by Crippen LogP contribution is -2.39. The number of benzene rings is 1. The maximum atomic E-state index is 3.55. The van der Waals surface area contributed by atoms with E-state index in [9.17, 15) is 0 Å². The lowest BCUT2D eigenvalue weighted by Gasteiger charge is -2.16. The average Bonchev–Trinajstić information content (AvgIpc) is 2.33.